The summed E-state index contributed by atoms with van der Waals surface area (Å²) in [4.78, 5) is 25.1. The number of rotatable bonds is 4. The van der Waals surface area contributed by atoms with Crippen LogP contribution in [0.1, 0.15) is 32.1 Å². The number of esters is 1. The topological polar surface area (TPSA) is 55.4 Å². The van der Waals surface area contributed by atoms with E-state index in [9.17, 15) is 9.59 Å². The Hall–Kier alpha value is -1.66. The molecule has 5 rings (SSSR count). The summed E-state index contributed by atoms with van der Waals surface area (Å²) >= 11 is 4.28. The molecule has 1 aliphatic heterocycles. The molecular formula is C24H27NO3S2. The van der Waals surface area contributed by atoms with Gasteiger partial charge in [0.15, 0.2) is 6.61 Å². The monoisotopic (exact) mass is 441 g/mol. The van der Waals surface area contributed by atoms with Gasteiger partial charge in [-0.2, -0.15) is 0 Å². The number of nitrogens with one attached hydrogen (secondary N) is 1. The van der Waals surface area contributed by atoms with E-state index in [1.165, 1.54) is 30.8 Å². The summed E-state index contributed by atoms with van der Waals surface area (Å²) in [6.07, 6.45) is 5.57. The highest BCUT2D eigenvalue weighted by molar-refractivity contribution is 8.21. The minimum absolute atomic E-state index is 0.0545. The fourth-order valence-corrected chi connectivity index (χ4v) is 9.46. The maximum Gasteiger partial charge on any atom is 0.309 e. The van der Waals surface area contributed by atoms with Crippen LogP contribution in [-0.2, 0) is 14.3 Å². The lowest BCUT2D eigenvalue weighted by atomic mass is 9.67. The van der Waals surface area contributed by atoms with Crippen molar-refractivity contribution in [1.82, 2.24) is 0 Å². The molecule has 6 heteroatoms. The average Bonchev–Trinajstić information content (AvgIpc) is 3.21. The van der Waals surface area contributed by atoms with E-state index in [4.69, 9.17) is 4.74 Å². The molecule has 0 radical (unpaired) electrons. The first-order chi connectivity index (χ1) is 14.6. The van der Waals surface area contributed by atoms with Crippen molar-refractivity contribution in [1.29, 1.82) is 0 Å². The summed E-state index contributed by atoms with van der Waals surface area (Å²) in [7, 11) is 0. The van der Waals surface area contributed by atoms with Gasteiger partial charge in [0.25, 0.3) is 5.91 Å². The highest BCUT2D eigenvalue weighted by Crippen LogP contribution is 2.64. The van der Waals surface area contributed by atoms with Gasteiger partial charge in [-0.15, -0.1) is 23.5 Å². The van der Waals surface area contributed by atoms with Crippen molar-refractivity contribution < 1.29 is 14.3 Å². The fraction of sp³-hybridized carbons (Fsp3) is 0.500. The Bertz CT molecular complexity index is 940. The Labute approximate surface area is 185 Å². The summed E-state index contributed by atoms with van der Waals surface area (Å²) in [6.45, 7) is -0.216. The molecule has 1 heterocycles. The number of carbonyl (C=O) groups excluding carboxylic acids is 2. The van der Waals surface area contributed by atoms with Crippen LogP contribution in [-0.4, -0.2) is 34.1 Å². The Balaban J connectivity index is 1.16. The molecule has 1 saturated heterocycles. The maximum absolute atomic E-state index is 12.7. The number of hydrogen-bond donors (Lipinski definition) is 1. The van der Waals surface area contributed by atoms with Crippen LogP contribution >= 0.6 is 23.5 Å². The van der Waals surface area contributed by atoms with E-state index in [0.717, 1.165) is 29.3 Å². The van der Waals surface area contributed by atoms with E-state index in [2.05, 4.69) is 28.8 Å². The number of ether oxygens (including phenoxy) is 1. The lowest BCUT2D eigenvalue weighted by Crippen LogP contribution is -2.48. The molecule has 2 saturated carbocycles. The van der Waals surface area contributed by atoms with E-state index in [-0.39, 0.29) is 24.4 Å². The fourth-order valence-electron chi connectivity index (χ4n) is 5.52. The minimum Gasteiger partial charge on any atom is -0.455 e. The molecule has 2 aliphatic carbocycles. The van der Waals surface area contributed by atoms with Crippen molar-refractivity contribution in [3.63, 3.8) is 0 Å². The number of amides is 1. The maximum atomic E-state index is 12.7. The van der Waals surface area contributed by atoms with Crippen molar-refractivity contribution >= 4 is 51.9 Å². The molecule has 1 amide bonds. The van der Waals surface area contributed by atoms with Crippen LogP contribution < -0.4 is 5.32 Å². The molecule has 1 spiro atoms. The quantitative estimate of drug-likeness (QED) is 0.651. The summed E-state index contributed by atoms with van der Waals surface area (Å²) in [6, 6.07) is 13.8. The van der Waals surface area contributed by atoms with Gasteiger partial charge < -0.3 is 10.1 Å². The second-order valence-corrected chi connectivity index (χ2v) is 11.6. The molecule has 3 fully saturated rings. The Morgan fingerprint density at radius 1 is 1.00 bits per heavy atom. The zero-order chi connectivity index (χ0) is 20.6. The van der Waals surface area contributed by atoms with Gasteiger partial charge in [0.05, 0.1) is 10.00 Å². The zero-order valence-corrected chi connectivity index (χ0v) is 18.6. The first-order valence-electron chi connectivity index (χ1n) is 10.9. The third-order valence-electron chi connectivity index (χ3n) is 6.83. The Morgan fingerprint density at radius 2 is 1.70 bits per heavy atom. The predicted molar refractivity (Wildman–Crippen MR) is 125 cm³/mol. The molecule has 30 heavy (non-hydrogen) atoms. The number of carbonyl (C=O) groups is 2. The molecule has 2 bridgehead atoms. The van der Waals surface area contributed by atoms with Crippen molar-refractivity contribution in [2.75, 3.05) is 23.4 Å². The molecule has 158 valence electrons. The van der Waals surface area contributed by atoms with Crippen molar-refractivity contribution in [2.24, 2.45) is 17.8 Å². The summed E-state index contributed by atoms with van der Waals surface area (Å²) < 4.78 is 5.80. The molecular weight excluding hydrogens is 414 g/mol. The molecule has 2 aromatic carbocycles. The molecule has 2 atom stereocenters. The van der Waals surface area contributed by atoms with Crippen LogP contribution in [0, 0.1) is 17.8 Å². The van der Waals surface area contributed by atoms with E-state index >= 15 is 0 Å². The second-order valence-electron chi connectivity index (χ2n) is 8.63. The number of benzene rings is 2. The SMILES string of the molecule is O=C(COC(=O)C1CC2CCCC(C1)C21SCCS1)Nc1ccc2ccccc2c1. The molecule has 4 nitrogen and oxygen atoms in total. The second kappa shape index (κ2) is 8.46. The first-order valence-corrected chi connectivity index (χ1v) is 12.8. The van der Waals surface area contributed by atoms with Crippen LogP contribution in [0.15, 0.2) is 42.5 Å². The van der Waals surface area contributed by atoms with E-state index in [1.54, 1.807) is 0 Å². The lowest BCUT2D eigenvalue weighted by molar-refractivity contribution is -0.154. The number of hydrogen-bond acceptors (Lipinski definition) is 5. The standard InChI is InChI=1S/C24H27NO3S2/c26-22(25-21-9-8-16-4-1-2-5-17(16)14-21)15-28-23(27)18-12-19-6-3-7-20(13-18)24(19)29-10-11-30-24/h1-2,4-5,8-9,14,18-20H,3,6-7,10-13,15H2,(H,25,26). The normalized spacial score (nSPS) is 27.1. The molecule has 2 aromatic rings. The van der Waals surface area contributed by atoms with Gasteiger partial charge in [0.2, 0.25) is 0 Å². The summed E-state index contributed by atoms with van der Waals surface area (Å²) in [5.41, 5.74) is 0.721. The van der Waals surface area contributed by atoms with Crippen LogP contribution in [0.2, 0.25) is 0 Å². The van der Waals surface area contributed by atoms with Crippen molar-refractivity contribution in [2.45, 2.75) is 36.2 Å². The number of anilines is 1. The van der Waals surface area contributed by atoms with Crippen LogP contribution in [0.25, 0.3) is 10.8 Å². The molecule has 1 N–H and O–H groups in total. The van der Waals surface area contributed by atoms with Gasteiger partial charge in [0.1, 0.15) is 0 Å². The smallest absolute Gasteiger partial charge is 0.309 e. The highest BCUT2D eigenvalue weighted by Gasteiger charge is 2.55. The third kappa shape index (κ3) is 3.84. The van der Waals surface area contributed by atoms with E-state index in [0.29, 0.717) is 15.9 Å². The van der Waals surface area contributed by atoms with Gasteiger partial charge >= 0.3 is 5.97 Å². The van der Waals surface area contributed by atoms with E-state index in [1.807, 2.05) is 42.5 Å². The van der Waals surface area contributed by atoms with Gasteiger partial charge in [-0.25, -0.2) is 0 Å². The predicted octanol–water partition coefficient (Wildman–Crippen LogP) is 5.32. The van der Waals surface area contributed by atoms with Gasteiger partial charge in [0, 0.05) is 17.2 Å². The molecule has 2 unspecified atom stereocenters. The average molecular weight is 442 g/mol. The first kappa shape index (κ1) is 20.3. The number of fused-ring (bicyclic) bond motifs is 1. The van der Waals surface area contributed by atoms with Gasteiger partial charge in [-0.3, -0.25) is 9.59 Å². The molecule has 3 aliphatic rings. The highest BCUT2D eigenvalue weighted by atomic mass is 32.2. The minimum atomic E-state index is -0.284. The van der Waals surface area contributed by atoms with Gasteiger partial charge in [-0.1, -0.05) is 36.8 Å². The zero-order valence-electron chi connectivity index (χ0n) is 17.0. The van der Waals surface area contributed by atoms with Crippen molar-refractivity contribution in [3.05, 3.63) is 42.5 Å². The van der Waals surface area contributed by atoms with Crippen LogP contribution in [0.5, 0.6) is 0 Å². The largest absolute Gasteiger partial charge is 0.455 e. The summed E-state index contributed by atoms with van der Waals surface area (Å²) in [5, 5.41) is 5.04. The number of thioether (sulfide) groups is 2. The van der Waals surface area contributed by atoms with E-state index < -0.39 is 0 Å². The summed E-state index contributed by atoms with van der Waals surface area (Å²) in [5.74, 6) is 3.15. The third-order valence-corrected chi connectivity index (χ3v) is 10.8. The van der Waals surface area contributed by atoms with Gasteiger partial charge in [-0.05, 0) is 60.4 Å². The Morgan fingerprint density at radius 3 is 2.43 bits per heavy atom. The van der Waals surface area contributed by atoms with Crippen LogP contribution in [0.3, 0.4) is 0 Å². The van der Waals surface area contributed by atoms with Crippen molar-refractivity contribution in [3.8, 4) is 0 Å². The molecule has 0 aromatic heterocycles. The van der Waals surface area contributed by atoms with Crippen LogP contribution in [0.4, 0.5) is 5.69 Å². The lowest BCUT2D eigenvalue weighted by Gasteiger charge is -2.51. The Kier molecular flexibility index (Phi) is 5.71.